The second-order valence-electron chi connectivity index (χ2n) is 4.73. The molecule has 0 bridgehead atoms. The molecule has 0 aliphatic carbocycles. The van der Waals surface area contributed by atoms with Gasteiger partial charge in [-0.15, -0.1) is 0 Å². The molecule has 2 N–H and O–H groups in total. The Labute approximate surface area is 96.2 Å². The number of alkyl carbamates (subject to hydrolysis) is 1. The third kappa shape index (κ3) is 8.08. The van der Waals surface area contributed by atoms with Crippen LogP contribution in [-0.4, -0.2) is 28.8 Å². The number of aliphatic carboxylic acids is 1. The summed E-state index contributed by atoms with van der Waals surface area (Å²) < 4.78 is 5.05. The lowest BCUT2D eigenvalue weighted by molar-refractivity contribution is -0.137. The van der Waals surface area contributed by atoms with Crippen molar-refractivity contribution in [2.45, 2.75) is 58.6 Å². The quantitative estimate of drug-likeness (QED) is 0.760. The summed E-state index contributed by atoms with van der Waals surface area (Å²) in [5.74, 6) is -0.922. The van der Waals surface area contributed by atoms with Gasteiger partial charge in [0.25, 0.3) is 0 Å². The van der Waals surface area contributed by atoms with Gasteiger partial charge in [0.15, 0.2) is 0 Å². The Balaban J connectivity index is 4.17. The summed E-state index contributed by atoms with van der Waals surface area (Å²) in [5.41, 5.74) is -0.565. The first kappa shape index (κ1) is 14.7. The van der Waals surface area contributed by atoms with Crippen molar-refractivity contribution in [1.82, 2.24) is 5.32 Å². The number of carboxylic acid groups (broad SMARTS) is 1. The molecule has 0 aromatic heterocycles. The number of rotatable bonds is 5. The van der Waals surface area contributed by atoms with Crippen LogP contribution >= 0.6 is 0 Å². The van der Waals surface area contributed by atoms with E-state index in [-0.39, 0.29) is 12.5 Å². The van der Waals surface area contributed by atoms with Gasteiger partial charge in [-0.05, 0) is 27.2 Å². The van der Waals surface area contributed by atoms with Gasteiger partial charge in [0.05, 0.1) is 6.42 Å². The normalized spacial score (nSPS) is 13.0. The molecule has 0 aromatic carbocycles. The van der Waals surface area contributed by atoms with E-state index in [4.69, 9.17) is 9.84 Å². The van der Waals surface area contributed by atoms with E-state index in [0.29, 0.717) is 6.42 Å². The van der Waals surface area contributed by atoms with Crippen molar-refractivity contribution < 1.29 is 19.4 Å². The van der Waals surface area contributed by atoms with Gasteiger partial charge < -0.3 is 15.2 Å². The van der Waals surface area contributed by atoms with Crippen LogP contribution in [0.3, 0.4) is 0 Å². The summed E-state index contributed by atoms with van der Waals surface area (Å²) in [5, 5.41) is 11.2. The molecule has 0 aliphatic rings. The highest BCUT2D eigenvalue weighted by molar-refractivity contribution is 5.71. The van der Waals surface area contributed by atoms with Crippen molar-refractivity contribution in [1.29, 1.82) is 0 Å². The van der Waals surface area contributed by atoms with E-state index < -0.39 is 17.7 Å². The first-order valence-corrected chi connectivity index (χ1v) is 5.46. The predicted octanol–water partition coefficient (Wildman–Crippen LogP) is 2.15. The monoisotopic (exact) mass is 231 g/mol. The van der Waals surface area contributed by atoms with Gasteiger partial charge in [-0.25, -0.2) is 4.79 Å². The van der Waals surface area contributed by atoms with Crippen molar-refractivity contribution in [3.8, 4) is 0 Å². The van der Waals surface area contributed by atoms with E-state index in [9.17, 15) is 9.59 Å². The second-order valence-corrected chi connectivity index (χ2v) is 4.73. The highest BCUT2D eigenvalue weighted by Gasteiger charge is 2.20. The fourth-order valence-corrected chi connectivity index (χ4v) is 1.26. The summed E-state index contributed by atoms with van der Waals surface area (Å²) in [6.07, 6.45) is 0.805. The fourth-order valence-electron chi connectivity index (χ4n) is 1.26. The Morgan fingerprint density at radius 1 is 1.38 bits per heavy atom. The summed E-state index contributed by atoms with van der Waals surface area (Å²) >= 11 is 0. The van der Waals surface area contributed by atoms with Crippen molar-refractivity contribution in [3.63, 3.8) is 0 Å². The average Bonchev–Trinajstić information content (AvgIpc) is 1.98. The zero-order chi connectivity index (χ0) is 12.8. The van der Waals surface area contributed by atoms with Crippen LogP contribution < -0.4 is 5.32 Å². The van der Waals surface area contributed by atoms with Crippen molar-refractivity contribution >= 4 is 12.1 Å². The van der Waals surface area contributed by atoms with Crippen LogP contribution in [0.15, 0.2) is 0 Å². The number of ether oxygens (including phenoxy) is 1. The average molecular weight is 231 g/mol. The predicted molar refractivity (Wildman–Crippen MR) is 60.3 cm³/mol. The molecule has 5 heteroatoms. The van der Waals surface area contributed by atoms with Gasteiger partial charge in [0.1, 0.15) is 5.60 Å². The minimum atomic E-state index is -0.922. The first-order chi connectivity index (χ1) is 7.24. The summed E-state index contributed by atoms with van der Waals surface area (Å²) in [6, 6.07) is -0.364. The third-order valence-electron chi connectivity index (χ3n) is 1.78. The summed E-state index contributed by atoms with van der Waals surface area (Å²) in [6.45, 7) is 7.22. The Morgan fingerprint density at radius 3 is 2.31 bits per heavy atom. The molecule has 16 heavy (non-hydrogen) atoms. The lowest BCUT2D eigenvalue weighted by Gasteiger charge is -2.22. The second kappa shape index (κ2) is 6.35. The SMILES string of the molecule is CCC[C@H](CC(=O)O)NC(=O)OC(C)(C)C. The fraction of sp³-hybridized carbons (Fsp3) is 0.818. The minimum absolute atomic E-state index is 0.0763. The zero-order valence-corrected chi connectivity index (χ0v) is 10.4. The molecule has 1 atom stereocenters. The van der Waals surface area contributed by atoms with Crippen LogP contribution in [0, 0.1) is 0 Å². The Kier molecular flexibility index (Phi) is 5.85. The van der Waals surface area contributed by atoms with Gasteiger partial charge in [-0.2, -0.15) is 0 Å². The standard InChI is InChI=1S/C11H21NO4/c1-5-6-8(7-9(13)14)12-10(15)16-11(2,3)4/h8H,5-7H2,1-4H3,(H,12,15)(H,13,14)/t8-/m1/s1. The number of carboxylic acids is 1. The number of hydrogen-bond donors (Lipinski definition) is 2. The molecular weight excluding hydrogens is 210 g/mol. The molecule has 0 radical (unpaired) electrons. The molecule has 0 fully saturated rings. The number of amides is 1. The van der Waals surface area contributed by atoms with E-state index in [1.807, 2.05) is 6.92 Å². The molecule has 0 unspecified atom stereocenters. The van der Waals surface area contributed by atoms with Crippen molar-refractivity contribution in [2.24, 2.45) is 0 Å². The third-order valence-corrected chi connectivity index (χ3v) is 1.78. The molecule has 0 aliphatic heterocycles. The summed E-state index contributed by atoms with van der Waals surface area (Å²) in [4.78, 5) is 22.0. The molecule has 0 heterocycles. The maximum absolute atomic E-state index is 11.4. The minimum Gasteiger partial charge on any atom is -0.481 e. The Hall–Kier alpha value is -1.26. The van der Waals surface area contributed by atoms with Crippen molar-refractivity contribution in [3.05, 3.63) is 0 Å². The van der Waals surface area contributed by atoms with Gasteiger partial charge in [0, 0.05) is 6.04 Å². The van der Waals surface area contributed by atoms with E-state index >= 15 is 0 Å². The lowest BCUT2D eigenvalue weighted by atomic mass is 10.1. The van der Waals surface area contributed by atoms with E-state index in [1.54, 1.807) is 20.8 Å². The zero-order valence-electron chi connectivity index (χ0n) is 10.4. The Bertz CT molecular complexity index is 245. The molecule has 1 amide bonds. The van der Waals surface area contributed by atoms with Crippen molar-refractivity contribution in [2.75, 3.05) is 0 Å². The Morgan fingerprint density at radius 2 is 1.94 bits per heavy atom. The molecule has 0 saturated carbocycles. The van der Waals surface area contributed by atoms with Crippen LogP contribution in [0.4, 0.5) is 4.79 Å². The topological polar surface area (TPSA) is 75.6 Å². The van der Waals surface area contributed by atoms with Gasteiger partial charge in [-0.1, -0.05) is 13.3 Å². The smallest absolute Gasteiger partial charge is 0.407 e. The maximum atomic E-state index is 11.4. The van der Waals surface area contributed by atoms with E-state index in [2.05, 4.69) is 5.32 Å². The van der Waals surface area contributed by atoms with Gasteiger partial charge in [0.2, 0.25) is 0 Å². The van der Waals surface area contributed by atoms with Crippen LogP contribution in [0.5, 0.6) is 0 Å². The largest absolute Gasteiger partial charge is 0.481 e. The number of hydrogen-bond acceptors (Lipinski definition) is 3. The number of carbonyl (C=O) groups excluding carboxylic acids is 1. The molecular formula is C11H21NO4. The van der Waals surface area contributed by atoms with E-state index in [1.165, 1.54) is 0 Å². The van der Waals surface area contributed by atoms with Crippen LogP contribution in [-0.2, 0) is 9.53 Å². The number of carbonyl (C=O) groups is 2. The van der Waals surface area contributed by atoms with Gasteiger partial charge >= 0.3 is 12.1 Å². The maximum Gasteiger partial charge on any atom is 0.407 e. The van der Waals surface area contributed by atoms with Gasteiger partial charge in [-0.3, -0.25) is 4.79 Å². The first-order valence-electron chi connectivity index (χ1n) is 5.46. The molecule has 94 valence electrons. The van der Waals surface area contributed by atoms with Crippen LogP contribution in [0.1, 0.15) is 47.0 Å². The molecule has 0 aromatic rings. The number of nitrogens with one attached hydrogen (secondary N) is 1. The van der Waals surface area contributed by atoms with Crippen LogP contribution in [0.25, 0.3) is 0 Å². The summed E-state index contributed by atoms with van der Waals surface area (Å²) in [7, 11) is 0. The molecule has 0 rings (SSSR count). The highest BCUT2D eigenvalue weighted by Crippen LogP contribution is 2.08. The molecule has 0 spiro atoms. The lowest BCUT2D eigenvalue weighted by Crippen LogP contribution is -2.40. The van der Waals surface area contributed by atoms with Crippen LogP contribution in [0.2, 0.25) is 0 Å². The molecule has 0 saturated heterocycles. The molecule has 5 nitrogen and oxygen atoms in total. The van der Waals surface area contributed by atoms with E-state index in [0.717, 1.165) is 6.42 Å². The highest BCUT2D eigenvalue weighted by atomic mass is 16.6.